The number of aromatic nitrogens is 2. The predicted molar refractivity (Wildman–Crippen MR) is 121 cm³/mol. The van der Waals surface area contributed by atoms with Crippen LogP contribution in [0.5, 0.6) is 0 Å². The molecule has 0 radical (unpaired) electrons. The zero-order valence-corrected chi connectivity index (χ0v) is 18.4. The predicted octanol–water partition coefficient (Wildman–Crippen LogP) is 5.57. The summed E-state index contributed by atoms with van der Waals surface area (Å²) in [4.78, 5) is 18.8. The summed E-state index contributed by atoms with van der Waals surface area (Å²) in [5.41, 5.74) is 6.41. The number of carbonyl (C=O) groups is 1. The summed E-state index contributed by atoms with van der Waals surface area (Å²) >= 11 is 0. The fourth-order valence-corrected chi connectivity index (χ4v) is 3.90. The second kappa shape index (κ2) is 7.63. The summed E-state index contributed by atoms with van der Waals surface area (Å²) in [6, 6.07) is 10.6. The van der Waals surface area contributed by atoms with Gasteiger partial charge >= 0.3 is 6.09 Å². The zero-order valence-electron chi connectivity index (χ0n) is 18.4. The van der Waals surface area contributed by atoms with E-state index >= 15 is 0 Å². The number of benzene rings is 1. The van der Waals surface area contributed by atoms with Crippen molar-refractivity contribution in [2.24, 2.45) is 0 Å². The Morgan fingerprint density at radius 1 is 1.17 bits per heavy atom. The Morgan fingerprint density at radius 2 is 1.97 bits per heavy atom. The Balaban J connectivity index is 1.72. The molecule has 0 fully saturated rings. The van der Waals surface area contributed by atoms with Gasteiger partial charge in [-0.1, -0.05) is 17.7 Å². The molecule has 5 nitrogen and oxygen atoms in total. The van der Waals surface area contributed by atoms with Gasteiger partial charge < -0.3 is 14.2 Å². The first-order valence-electron chi connectivity index (χ1n) is 10.4. The van der Waals surface area contributed by atoms with E-state index in [1.165, 1.54) is 22.2 Å². The standard InChI is InChI=1S/C25H29N3O2/c1-17-6-9-22-20(14-17)21-16-27(24(29)30-25(3,4)5)12-11-23(21)28(22)13-10-19-8-7-18(2)26-15-19/h6-10,13-15H,11-12,16H2,1-5H3/b13-10+. The maximum absolute atomic E-state index is 12.6. The van der Waals surface area contributed by atoms with Crippen LogP contribution in [-0.2, 0) is 17.7 Å². The van der Waals surface area contributed by atoms with Crippen molar-refractivity contribution in [1.29, 1.82) is 0 Å². The van der Waals surface area contributed by atoms with E-state index in [0.29, 0.717) is 13.1 Å². The Labute approximate surface area is 178 Å². The highest BCUT2D eigenvalue weighted by Gasteiger charge is 2.29. The lowest BCUT2D eigenvalue weighted by Crippen LogP contribution is -2.40. The van der Waals surface area contributed by atoms with Crippen LogP contribution >= 0.6 is 0 Å². The van der Waals surface area contributed by atoms with Crippen LogP contribution < -0.4 is 0 Å². The average Bonchev–Trinajstić information content (AvgIpc) is 2.98. The van der Waals surface area contributed by atoms with Crippen LogP contribution in [0.4, 0.5) is 4.79 Å². The number of rotatable bonds is 2. The quantitative estimate of drug-likeness (QED) is 0.562. The van der Waals surface area contributed by atoms with Crippen LogP contribution in [0.2, 0.25) is 0 Å². The summed E-state index contributed by atoms with van der Waals surface area (Å²) in [5, 5.41) is 1.20. The van der Waals surface area contributed by atoms with Crippen molar-refractivity contribution in [3.8, 4) is 0 Å². The first kappa shape index (κ1) is 20.2. The van der Waals surface area contributed by atoms with Gasteiger partial charge in [0.15, 0.2) is 0 Å². The molecule has 0 unspecified atom stereocenters. The third-order valence-electron chi connectivity index (χ3n) is 5.35. The largest absolute Gasteiger partial charge is 0.444 e. The Bertz CT molecular complexity index is 1120. The van der Waals surface area contributed by atoms with Crippen LogP contribution in [0.3, 0.4) is 0 Å². The first-order valence-corrected chi connectivity index (χ1v) is 10.4. The third-order valence-corrected chi connectivity index (χ3v) is 5.35. The van der Waals surface area contributed by atoms with Gasteiger partial charge in [0.1, 0.15) is 5.60 Å². The van der Waals surface area contributed by atoms with E-state index < -0.39 is 5.60 Å². The van der Waals surface area contributed by atoms with E-state index in [1.807, 2.05) is 44.9 Å². The molecule has 1 aliphatic rings. The van der Waals surface area contributed by atoms with E-state index in [0.717, 1.165) is 23.2 Å². The SMILES string of the molecule is Cc1ccc2c(c1)c1c(n2/C=C/c2ccc(C)nc2)CCN(C(=O)OC(C)(C)C)C1. The molecule has 0 atom stereocenters. The molecule has 0 saturated carbocycles. The zero-order chi connectivity index (χ0) is 21.5. The van der Waals surface area contributed by atoms with Crippen LogP contribution in [0.25, 0.3) is 23.2 Å². The molecular formula is C25H29N3O2. The number of ether oxygens (including phenoxy) is 1. The number of hydrogen-bond acceptors (Lipinski definition) is 3. The molecule has 4 rings (SSSR count). The minimum absolute atomic E-state index is 0.247. The van der Waals surface area contributed by atoms with E-state index in [9.17, 15) is 4.79 Å². The first-order chi connectivity index (χ1) is 14.2. The van der Waals surface area contributed by atoms with Gasteiger partial charge in [0, 0.05) is 47.7 Å². The lowest BCUT2D eigenvalue weighted by atomic mass is 10.0. The lowest BCUT2D eigenvalue weighted by Gasteiger charge is -2.30. The molecule has 1 aromatic carbocycles. The topological polar surface area (TPSA) is 47.4 Å². The summed E-state index contributed by atoms with van der Waals surface area (Å²) in [7, 11) is 0. The van der Waals surface area contributed by atoms with Crippen LogP contribution in [-0.4, -0.2) is 32.7 Å². The number of pyridine rings is 1. The van der Waals surface area contributed by atoms with Gasteiger partial charge in [-0.25, -0.2) is 4.79 Å². The smallest absolute Gasteiger partial charge is 0.410 e. The molecule has 0 spiro atoms. The van der Waals surface area contributed by atoms with Gasteiger partial charge in [0.05, 0.1) is 12.1 Å². The van der Waals surface area contributed by atoms with Crippen molar-refractivity contribution in [2.45, 2.75) is 53.2 Å². The number of nitrogens with zero attached hydrogens (tertiary/aromatic N) is 3. The van der Waals surface area contributed by atoms with Gasteiger partial charge in [-0.05, 0) is 64.5 Å². The number of hydrogen-bond donors (Lipinski definition) is 0. The molecule has 0 saturated heterocycles. The van der Waals surface area contributed by atoms with Crippen molar-refractivity contribution in [3.63, 3.8) is 0 Å². The maximum Gasteiger partial charge on any atom is 0.410 e. The lowest BCUT2D eigenvalue weighted by molar-refractivity contribution is 0.0224. The molecule has 5 heteroatoms. The fraction of sp³-hybridized carbons (Fsp3) is 0.360. The van der Waals surface area contributed by atoms with Crippen LogP contribution in [0.15, 0.2) is 36.5 Å². The van der Waals surface area contributed by atoms with Crippen molar-refractivity contribution in [3.05, 3.63) is 64.6 Å². The van der Waals surface area contributed by atoms with Gasteiger partial charge in [0.25, 0.3) is 0 Å². The number of carbonyl (C=O) groups excluding carboxylic acids is 1. The molecular weight excluding hydrogens is 374 g/mol. The molecule has 0 N–H and O–H groups in total. The molecule has 3 aromatic rings. The Hall–Kier alpha value is -3.08. The maximum atomic E-state index is 12.6. The number of aryl methyl sites for hydroxylation is 2. The van der Waals surface area contributed by atoms with E-state index in [1.54, 1.807) is 0 Å². The molecule has 2 aromatic heterocycles. The summed E-state index contributed by atoms with van der Waals surface area (Å²) < 4.78 is 7.87. The summed E-state index contributed by atoms with van der Waals surface area (Å²) in [6.07, 6.45) is 6.64. The second-order valence-electron chi connectivity index (χ2n) is 9.02. The molecule has 3 heterocycles. The average molecular weight is 404 g/mol. The van der Waals surface area contributed by atoms with Crippen molar-refractivity contribution >= 4 is 29.3 Å². The molecule has 1 amide bonds. The minimum Gasteiger partial charge on any atom is -0.444 e. The van der Waals surface area contributed by atoms with Gasteiger partial charge in [-0.15, -0.1) is 0 Å². The highest BCUT2D eigenvalue weighted by atomic mass is 16.6. The number of amides is 1. The van der Waals surface area contributed by atoms with E-state index in [2.05, 4.69) is 53.0 Å². The Morgan fingerprint density at radius 3 is 2.67 bits per heavy atom. The fourth-order valence-electron chi connectivity index (χ4n) is 3.90. The summed E-state index contributed by atoms with van der Waals surface area (Å²) in [6.45, 7) is 11.0. The molecule has 0 bridgehead atoms. The van der Waals surface area contributed by atoms with Crippen LogP contribution in [0.1, 0.15) is 48.8 Å². The third kappa shape index (κ3) is 4.11. The molecule has 1 aliphatic heterocycles. The minimum atomic E-state index is -0.493. The number of fused-ring (bicyclic) bond motifs is 3. The second-order valence-corrected chi connectivity index (χ2v) is 9.02. The highest BCUT2D eigenvalue weighted by molar-refractivity contribution is 5.89. The van der Waals surface area contributed by atoms with E-state index in [4.69, 9.17) is 4.74 Å². The molecule has 156 valence electrons. The normalized spacial score (nSPS) is 14.4. The summed E-state index contributed by atoms with van der Waals surface area (Å²) in [5.74, 6) is 0. The van der Waals surface area contributed by atoms with Crippen molar-refractivity contribution in [2.75, 3.05) is 6.54 Å². The molecule has 0 aliphatic carbocycles. The van der Waals surface area contributed by atoms with Gasteiger partial charge in [0.2, 0.25) is 0 Å². The van der Waals surface area contributed by atoms with E-state index in [-0.39, 0.29) is 6.09 Å². The Kier molecular flexibility index (Phi) is 5.14. The molecule has 30 heavy (non-hydrogen) atoms. The highest BCUT2D eigenvalue weighted by Crippen LogP contribution is 2.32. The van der Waals surface area contributed by atoms with Gasteiger partial charge in [-0.2, -0.15) is 0 Å². The van der Waals surface area contributed by atoms with Crippen molar-refractivity contribution < 1.29 is 9.53 Å². The van der Waals surface area contributed by atoms with Gasteiger partial charge in [-0.3, -0.25) is 4.98 Å². The monoisotopic (exact) mass is 403 g/mol. The van der Waals surface area contributed by atoms with Crippen molar-refractivity contribution in [1.82, 2.24) is 14.5 Å². The van der Waals surface area contributed by atoms with Crippen LogP contribution in [0, 0.1) is 13.8 Å².